The molecule has 0 bridgehead atoms. The fourth-order valence-corrected chi connectivity index (χ4v) is 6.78. The van der Waals surface area contributed by atoms with Gasteiger partial charge in [-0.15, -0.1) is 0 Å². The van der Waals surface area contributed by atoms with E-state index in [0.717, 1.165) is 5.56 Å². The summed E-state index contributed by atoms with van der Waals surface area (Å²) in [6, 6.07) is 34.4. The topological polar surface area (TPSA) is 70.2 Å². The van der Waals surface area contributed by atoms with E-state index in [1.807, 2.05) is 38.1 Å². The molecular weight excluding hydrogens is 546 g/mol. The Bertz CT molecular complexity index is 1510. The number of sulfonamides is 1. The zero-order valence-corrected chi connectivity index (χ0v) is 24.9. The van der Waals surface area contributed by atoms with Crippen LogP contribution in [0.1, 0.15) is 29.7 Å². The summed E-state index contributed by atoms with van der Waals surface area (Å²) in [6.07, 6.45) is 0. The molecular formula is C34H37N3O4S. The van der Waals surface area contributed by atoms with Crippen LogP contribution < -0.4 is 9.04 Å². The monoisotopic (exact) mass is 583 g/mol. The molecule has 1 fully saturated rings. The van der Waals surface area contributed by atoms with Crippen LogP contribution in [0.5, 0.6) is 5.75 Å². The first-order valence-electron chi connectivity index (χ1n) is 14.3. The van der Waals surface area contributed by atoms with Gasteiger partial charge in [0.15, 0.2) is 0 Å². The quantitative estimate of drug-likeness (QED) is 0.246. The molecule has 218 valence electrons. The van der Waals surface area contributed by atoms with Crippen LogP contribution in [0, 0.1) is 6.92 Å². The summed E-state index contributed by atoms with van der Waals surface area (Å²) in [7, 11) is -4.01. The van der Waals surface area contributed by atoms with Gasteiger partial charge in [-0.3, -0.25) is 14.0 Å². The lowest BCUT2D eigenvalue weighted by atomic mass is 9.96. The van der Waals surface area contributed by atoms with Crippen LogP contribution >= 0.6 is 0 Å². The summed E-state index contributed by atoms with van der Waals surface area (Å²) in [4.78, 5) is 17.9. The largest absolute Gasteiger partial charge is 0.494 e. The maximum Gasteiger partial charge on any atom is 0.264 e. The Morgan fingerprint density at radius 1 is 0.786 bits per heavy atom. The fraction of sp³-hybridized carbons (Fsp3) is 0.265. The average molecular weight is 584 g/mol. The molecule has 0 aromatic heterocycles. The third-order valence-corrected chi connectivity index (χ3v) is 9.37. The maximum atomic E-state index is 13.9. The van der Waals surface area contributed by atoms with Crippen molar-refractivity contribution in [2.75, 3.05) is 43.6 Å². The number of anilines is 1. The molecule has 1 aliphatic heterocycles. The normalized spacial score (nSPS) is 14.1. The van der Waals surface area contributed by atoms with Gasteiger partial charge in [-0.1, -0.05) is 78.4 Å². The van der Waals surface area contributed by atoms with Gasteiger partial charge in [0.05, 0.1) is 23.2 Å². The van der Waals surface area contributed by atoms with Crippen molar-refractivity contribution in [3.8, 4) is 5.75 Å². The molecule has 0 aliphatic carbocycles. The first-order valence-corrected chi connectivity index (χ1v) is 15.7. The van der Waals surface area contributed by atoms with Crippen LogP contribution in [0.25, 0.3) is 0 Å². The van der Waals surface area contributed by atoms with Gasteiger partial charge in [0.2, 0.25) is 5.91 Å². The number of aryl methyl sites for hydroxylation is 1. The Balaban J connectivity index is 1.34. The third-order valence-electron chi connectivity index (χ3n) is 7.59. The molecule has 42 heavy (non-hydrogen) atoms. The third kappa shape index (κ3) is 6.66. The molecule has 5 rings (SSSR count). The first kappa shape index (κ1) is 29.4. The van der Waals surface area contributed by atoms with E-state index >= 15 is 0 Å². The number of benzene rings is 4. The molecule has 0 radical (unpaired) electrons. The fourth-order valence-electron chi connectivity index (χ4n) is 5.36. The van der Waals surface area contributed by atoms with Crippen LogP contribution in [0.2, 0.25) is 0 Å². The van der Waals surface area contributed by atoms with E-state index in [0.29, 0.717) is 44.2 Å². The maximum absolute atomic E-state index is 13.9. The Hall–Kier alpha value is -4.14. The van der Waals surface area contributed by atoms with Gasteiger partial charge in [-0.2, -0.15) is 0 Å². The minimum Gasteiger partial charge on any atom is -0.494 e. The first-order chi connectivity index (χ1) is 20.4. The van der Waals surface area contributed by atoms with Crippen molar-refractivity contribution in [1.82, 2.24) is 9.80 Å². The average Bonchev–Trinajstić information content (AvgIpc) is 3.02. The van der Waals surface area contributed by atoms with Crippen molar-refractivity contribution in [3.63, 3.8) is 0 Å². The lowest BCUT2D eigenvalue weighted by molar-refractivity contribution is -0.131. The molecule has 4 aromatic rings. The van der Waals surface area contributed by atoms with E-state index in [1.54, 1.807) is 29.2 Å². The van der Waals surface area contributed by atoms with E-state index in [-0.39, 0.29) is 23.4 Å². The van der Waals surface area contributed by atoms with E-state index in [1.165, 1.54) is 27.6 Å². The summed E-state index contributed by atoms with van der Waals surface area (Å²) in [6.45, 7) is 6.41. The lowest BCUT2D eigenvalue weighted by Gasteiger charge is -2.40. The highest BCUT2D eigenvalue weighted by Crippen LogP contribution is 2.30. The number of hydrogen-bond acceptors (Lipinski definition) is 5. The van der Waals surface area contributed by atoms with Gasteiger partial charge >= 0.3 is 0 Å². The van der Waals surface area contributed by atoms with E-state index in [2.05, 4.69) is 53.4 Å². The lowest BCUT2D eigenvalue weighted by Crippen LogP contribution is -2.52. The van der Waals surface area contributed by atoms with Crippen LogP contribution in [0.15, 0.2) is 114 Å². The highest BCUT2D eigenvalue weighted by molar-refractivity contribution is 7.92. The molecule has 0 spiro atoms. The second-order valence-corrected chi connectivity index (χ2v) is 12.3. The molecule has 0 atom stereocenters. The number of piperazine rings is 1. The molecule has 0 unspecified atom stereocenters. The zero-order valence-electron chi connectivity index (χ0n) is 24.1. The van der Waals surface area contributed by atoms with Gasteiger partial charge in [0.1, 0.15) is 12.3 Å². The molecule has 8 heteroatoms. The van der Waals surface area contributed by atoms with E-state index < -0.39 is 10.0 Å². The Kier molecular flexibility index (Phi) is 9.25. The van der Waals surface area contributed by atoms with Gasteiger partial charge < -0.3 is 9.64 Å². The second kappa shape index (κ2) is 13.2. The zero-order chi connectivity index (χ0) is 29.5. The van der Waals surface area contributed by atoms with Crippen molar-refractivity contribution < 1.29 is 17.9 Å². The highest BCUT2D eigenvalue weighted by atomic mass is 32.2. The minimum absolute atomic E-state index is 0.0775. The van der Waals surface area contributed by atoms with E-state index in [4.69, 9.17) is 4.74 Å². The summed E-state index contributed by atoms with van der Waals surface area (Å²) in [5, 5.41) is 0. The molecule has 4 aromatic carbocycles. The number of rotatable bonds is 10. The summed E-state index contributed by atoms with van der Waals surface area (Å²) in [5.74, 6) is 0.373. The Morgan fingerprint density at radius 3 is 1.86 bits per heavy atom. The Labute approximate surface area is 249 Å². The number of nitrogens with zero attached hydrogens (tertiary/aromatic N) is 3. The molecule has 0 N–H and O–H groups in total. The Morgan fingerprint density at radius 2 is 1.33 bits per heavy atom. The second-order valence-electron chi connectivity index (χ2n) is 10.4. The van der Waals surface area contributed by atoms with Crippen molar-refractivity contribution in [3.05, 3.63) is 126 Å². The highest BCUT2D eigenvalue weighted by Gasteiger charge is 2.32. The van der Waals surface area contributed by atoms with Crippen molar-refractivity contribution in [1.29, 1.82) is 0 Å². The van der Waals surface area contributed by atoms with Gasteiger partial charge in [0, 0.05) is 26.2 Å². The van der Waals surface area contributed by atoms with Gasteiger partial charge in [0.25, 0.3) is 10.0 Å². The van der Waals surface area contributed by atoms with Crippen molar-refractivity contribution >= 4 is 21.6 Å². The molecule has 1 saturated heterocycles. The van der Waals surface area contributed by atoms with E-state index in [9.17, 15) is 13.2 Å². The number of carbonyl (C=O) groups excluding carboxylic acids is 1. The van der Waals surface area contributed by atoms with Crippen LogP contribution in [-0.4, -0.2) is 63.5 Å². The van der Waals surface area contributed by atoms with Crippen LogP contribution in [0.4, 0.5) is 5.69 Å². The van der Waals surface area contributed by atoms with Crippen molar-refractivity contribution in [2.24, 2.45) is 0 Å². The molecule has 7 nitrogen and oxygen atoms in total. The molecule has 1 amide bonds. The summed E-state index contributed by atoms with van der Waals surface area (Å²) in [5.41, 5.74) is 3.87. The van der Waals surface area contributed by atoms with Crippen LogP contribution in [-0.2, 0) is 14.8 Å². The van der Waals surface area contributed by atoms with Crippen molar-refractivity contribution in [2.45, 2.75) is 24.8 Å². The van der Waals surface area contributed by atoms with Gasteiger partial charge in [-0.05, 0) is 61.4 Å². The SMILES string of the molecule is CCOc1ccc(S(=O)(=O)N(CC(=O)N2CCN(C(c3ccccc3)c3ccccc3)CC2)c2ccc(C)cc2)cc1. The van der Waals surface area contributed by atoms with Gasteiger partial charge in [-0.25, -0.2) is 8.42 Å². The minimum atomic E-state index is -4.01. The number of carbonyl (C=O) groups is 1. The smallest absolute Gasteiger partial charge is 0.264 e. The predicted octanol–water partition coefficient (Wildman–Crippen LogP) is 5.52. The number of ether oxygens (including phenoxy) is 1. The summed E-state index contributed by atoms with van der Waals surface area (Å²) >= 11 is 0. The molecule has 1 heterocycles. The van der Waals surface area contributed by atoms with Crippen LogP contribution in [0.3, 0.4) is 0 Å². The molecule has 1 aliphatic rings. The standard InChI is InChI=1S/C34H37N3O4S/c1-3-41-31-18-20-32(21-19-31)42(39,40)37(30-16-14-27(2)15-17-30)26-33(38)35-22-24-36(25-23-35)34(28-10-6-4-7-11-28)29-12-8-5-9-13-29/h4-21,34H,3,22-26H2,1-2H3. The summed E-state index contributed by atoms with van der Waals surface area (Å²) < 4.78 is 34.4. The molecule has 0 saturated carbocycles. The number of hydrogen-bond donors (Lipinski definition) is 0. The predicted molar refractivity (Wildman–Crippen MR) is 166 cm³/mol. The number of amides is 1.